The first-order valence-electron chi connectivity index (χ1n) is 11.3. The van der Waals surface area contributed by atoms with Crippen molar-refractivity contribution in [1.29, 1.82) is 0 Å². The molecule has 166 valence electrons. The van der Waals surface area contributed by atoms with Gasteiger partial charge < -0.3 is 14.5 Å². The Bertz CT molecular complexity index is 936. The van der Waals surface area contributed by atoms with Gasteiger partial charge in [0.25, 0.3) is 0 Å². The number of hydrogen-bond acceptors (Lipinski definition) is 4. The van der Waals surface area contributed by atoms with Crippen molar-refractivity contribution in [3.63, 3.8) is 0 Å². The molecule has 2 aromatic rings. The highest BCUT2D eigenvalue weighted by Crippen LogP contribution is 2.35. The summed E-state index contributed by atoms with van der Waals surface area (Å²) >= 11 is 1.75. The first-order valence-corrected chi connectivity index (χ1v) is 12.2. The summed E-state index contributed by atoms with van der Waals surface area (Å²) in [7, 11) is 0. The number of nitrogens with zero attached hydrogens (tertiary/aromatic N) is 2. The van der Waals surface area contributed by atoms with Crippen LogP contribution in [0.4, 0.5) is 0 Å². The highest BCUT2D eigenvalue weighted by Gasteiger charge is 2.38. The average molecular weight is 441 g/mol. The second kappa shape index (κ2) is 9.43. The number of para-hydroxylation sites is 1. The number of thiophene rings is 1. The Morgan fingerprint density at radius 2 is 2.03 bits per heavy atom. The van der Waals surface area contributed by atoms with Gasteiger partial charge in [-0.15, -0.1) is 11.3 Å². The molecule has 0 saturated heterocycles. The summed E-state index contributed by atoms with van der Waals surface area (Å²) in [6, 6.07) is 10.0. The lowest BCUT2D eigenvalue weighted by Gasteiger charge is -2.38. The summed E-state index contributed by atoms with van der Waals surface area (Å²) in [5.74, 6) is 1.13. The van der Waals surface area contributed by atoms with Crippen LogP contribution in [-0.4, -0.2) is 47.4 Å². The molecule has 0 unspecified atom stereocenters. The average Bonchev–Trinajstić information content (AvgIpc) is 3.52. The fourth-order valence-corrected chi connectivity index (χ4v) is 5.16. The normalized spacial score (nSPS) is 18.9. The molecule has 6 heteroatoms. The zero-order valence-corrected chi connectivity index (χ0v) is 19.5. The van der Waals surface area contributed by atoms with Crippen molar-refractivity contribution >= 4 is 23.2 Å². The Balaban J connectivity index is 1.52. The Kier molecular flexibility index (Phi) is 6.65. The van der Waals surface area contributed by atoms with Gasteiger partial charge in [0.2, 0.25) is 11.8 Å². The number of carbonyl (C=O) groups is 2. The van der Waals surface area contributed by atoms with Crippen molar-refractivity contribution in [3.8, 4) is 5.75 Å². The fraction of sp³-hybridized carbons (Fsp3) is 0.520. The molecule has 4 rings (SSSR count). The third kappa shape index (κ3) is 4.79. The minimum absolute atomic E-state index is 0.0181. The molecule has 0 N–H and O–H groups in total. The van der Waals surface area contributed by atoms with Crippen molar-refractivity contribution in [3.05, 3.63) is 51.7 Å². The van der Waals surface area contributed by atoms with Crippen LogP contribution in [0.1, 0.15) is 55.2 Å². The second-order valence-electron chi connectivity index (χ2n) is 8.73. The van der Waals surface area contributed by atoms with E-state index in [2.05, 4.69) is 18.4 Å². The van der Waals surface area contributed by atoms with Crippen LogP contribution in [0.3, 0.4) is 0 Å². The van der Waals surface area contributed by atoms with E-state index in [0.29, 0.717) is 13.2 Å². The summed E-state index contributed by atoms with van der Waals surface area (Å²) in [5, 5.41) is 2.10. The second-order valence-corrected chi connectivity index (χ2v) is 9.73. The van der Waals surface area contributed by atoms with Crippen LogP contribution in [0, 0.1) is 12.8 Å². The molecular weight excluding hydrogens is 408 g/mol. The van der Waals surface area contributed by atoms with Crippen molar-refractivity contribution < 1.29 is 14.3 Å². The number of hydrogen-bond donors (Lipinski definition) is 0. The van der Waals surface area contributed by atoms with Crippen LogP contribution in [0.15, 0.2) is 35.7 Å². The van der Waals surface area contributed by atoms with Crippen LogP contribution >= 0.6 is 11.3 Å². The summed E-state index contributed by atoms with van der Waals surface area (Å²) in [5.41, 5.74) is 2.27. The lowest BCUT2D eigenvalue weighted by atomic mass is 10.00. The maximum absolute atomic E-state index is 13.5. The molecule has 1 fully saturated rings. The number of carbonyl (C=O) groups excluding carboxylic acids is 2. The maximum atomic E-state index is 13.5. The fourth-order valence-electron chi connectivity index (χ4n) is 4.23. The Morgan fingerprint density at radius 1 is 1.26 bits per heavy atom. The predicted octanol–water partition coefficient (Wildman–Crippen LogP) is 4.60. The zero-order valence-electron chi connectivity index (χ0n) is 18.7. The van der Waals surface area contributed by atoms with Gasteiger partial charge in [-0.1, -0.05) is 25.1 Å². The molecule has 1 aliphatic carbocycles. The molecule has 5 nitrogen and oxygen atoms in total. The van der Waals surface area contributed by atoms with E-state index < -0.39 is 0 Å². The summed E-state index contributed by atoms with van der Waals surface area (Å²) in [4.78, 5) is 31.4. The standard InChI is InChI=1S/C25H32N2O3S/c1-4-18(3)27(25(29)19-9-10-19)15-24(28)26-13-11-23-20(12-14-31-23)21(26)16-30-22-8-6-5-7-17(22)2/h5-8,12,14,18-19,21H,4,9-11,13,15-16H2,1-3H3/t18-,21+/m1/s1. The molecule has 31 heavy (non-hydrogen) atoms. The minimum atomic E-state index is -0.128. The SMILES string of the molecule is CC[C@@H](C)N(CC(=O)N1CCc2sccc2[C@@H]1COc1ccccc1C)C(=O)C1CC1. The van der Waals surface area contributed by atoms with Gasteiger partial charge in [0, 0.05) is 23.4 Å². The van der Waals surface area contributed by atoms with E-state index in [1.165, 1.54) is 10.4 Å². The molecule has 0 radical (unpaired) electrons. The van der Waals surface area contributed by atoms with Gasteiger partial charge in [-0.3, -0.25) is 9.59 Å². The van der Waals surface area contributed by atoms with E-state index in [9.17, 15) is 9.59 Å². The van der Waals surface area contributed by atoms with Crippen molar-refractivity contribution in [1.82, 2.24) is 9.80 Å². The van der Waals surface area contributed by atoms with E-state index >= 15 is 0 Å². The van der Waals surface area contributed by atoms with Crippen LogP contribution < -0.4 is 4.74 Å². The third-order valence-electron chi connectivity index (χ3n) is 6.54. The summed E-state index contributed by atoms with van der Waals surface area (Å²) in [6.07, 6.45) is 3.61. The highest BCUT2D eigenvalue weighted by molar-refractivity contribution is 7.10. The summed E-state index contributed by atoms with van der Waals surface area (Å²) in [6.45, 7) is 7.38. The minimum Gasteiger partial charge on any atom is -0.491 e. The van der Waals surface area contributed by atoms with Gasteiger partial charge in [0.05, 0.1) is 6.04 Å². The molecular formula is C25H32N2O3S. The first-order chi connectivity index (χ1) is 15.0. The lowest BCUT2D eigenvalue weighted by molar-refractivity contribution is -0.145. The van der Waals surface area contributed by atoms with E-state index in [1.54, 1.807) is 11.3 Å². The first kappa shape index (κ1) is 21.9. The third-order valence-corrected chi connectivity index (χ3v) is 7.54. The van der Waals surface area contributed by atoms with E-state index in [4.69, 9.17) is 4.74 Å². The van der Waals surface area contributed by atoms with E-state index in [-0.39, 0.29) is 36.4 Å². The molecule has 2 amide bonds. The number of benzene rings is 1. The molecule has 0 bridgehead atoms. The van der Waals surface area contributed by atoms with Gasteiger partial charge >= 0.3 is 0 Å². The van der Waals surface area contributed by atoms with E-state index in [1.807, 2.05) is 47.9 Å². The summed E-state index contributed by atoms with van der Waals surface area (Å²) < 4.78 is 6.18. The van der Waals surface area contributed by atoms with Crippen LogP contribution in [0.25, 0.3) is 0 Å². The molecule has 2 heterocycles. The largest absolute Gasteiger partial charge is 0.491 e. The Labute approximate surface area is 189 Å². The van der Waals surface area contributed by atoms with Gasteiger partial charge in [0.1, 0.15) is 18.9 Å². The quantitative estimate of drug-likeness (QED) is 0.603. The van der Waals surface area contributed by atoms with Crippen LogP contribution in [0.2, 0.25) is 0 Å². The highest BCUT2D eigenvalue weighted by atomic mass is 32.1. The Morgan fingerprint density at radius 3 is 2.74 bits per heavy atom. The predicted molar refractivity (Wildman–Crippen MR) is 123 cm³/mol. The molecule has 0 spiro atoms. The topological polar surface area (TPSA) is 49.9 Å². The molecule has 2 aliphatic rings. The van der Waals surface area contributed by atoms with Crippen molar-refractivity contribution in [2.75, 3.05) is 19.7 Å². The number of ether oxygens (including phenoxy) is 1. The smallest absolute Gasteiger partial charge is 0.242 e. The van der Waals surface area contributed by atoms with E-state index in [0.717, 1.165) is 37.0 Å². The lowest BCUT2D eigenvalue weighted by Crippen LogP contribution is -2.50. The monoisotopic (exact) mass is 440 g/mol. The van der Waals surface area contributed by atoms with Gasteiger partial charge in [-0.05, 0) is 68.2 Å². The molecule has 1 aromatic carbocycles. The number of fused-ring (bicyclic) bond motifs is 1. The number of aryl methyl sites for hydroxylation is 1. The van der Waals surface area contributed by atoms with Gasteiger partial charge in [-0.2, -0.15) is 0 Å². The molecule has 1 aromatic heterocycles. The van der Waals surface area contributed by atoms with Crippen molar-refractivity contribution in [2.45, 2.75) is 58.5 Å². The molecule has 1 saturated carbocycles. The molecule has 2 atom stereocenters. The van der Waals surface area contributed by atoms with Gasteiger partial charge in [-0.25, -0.2) is 0 Å². The van der Waals surface area contributed by atoms with Crippen LogP contribution in [0.5, 0.6) is 5.75 Å². The number of rotatable bonds is 8. The Hall–Kier alpha value is -2.34. The van der Waals surface area contributed by atoms with Crippen molar-refractivity contribution in [2.24, 2.45) is 5.92 Å². The number of amides is 2. The van der Waals surface area contributed by atoms with Crippen LogP contribution in [-0.2, 0) is 16.0 Å². The zero-order chi connectivity index (χ0) is 22.0. The van der Waals surface area contributed by atoms with Gasteiger partial charge in [0.15, 0.2) is 0 Å². The molecule has 1 aliphatic heterocycles. The maximum Gasteiger partial charge on any atom is 0.242 e.